The molecule has 8 heteroatoms. The summed E-state index contributed by atoms with van der Waals surface area (Å²) in [6.07, 6.45) is 6.72. The molecule has 184 valence electrons. The molecular weight excluding hydrogens is 470 g/mol. The van der Waals surface area contributed by atoms with Crippen LogP contribution < -0.4 is 10.2 Å². The zero-order valence-electron chi connectivity index (χ0n) is 19.7. The summed E-state index contributed by atoms with van der Waals surface area (Å²) in [5.41, 5.74) is 3.75. The Morgan fingerprint density at radius 3 is 2.68 bits per heavy atom. The summed E-state index contributed by atoms with van der Waals surface area (Å²) in [6.45, 7) is 2.63. The summed E-state index contributed by atoms with van der Waals surface area (Å²) >= 11 is 3.63. The van der Waals surface area contributed by atoms with Gasteiger partial charge in [-0.05, 0) is 73.4 Å². The number of nitrogens with one attached hydrogen (secondary N) is 1. The van der Waals surface area contributed by atoms with Gasteiger partial charge >= 0.3 is 0 Å². The summed E-state index contributed by atoms with van der Waals surface area (Å²) in [7, 11) is 0. The van der Waals surface area contributed by atoms with Gasteiger partial charge in [0.2, 0.25) is 5.91 Å². The highest BCUT2D eigenvalue weighted by molar-refractivity contribution is 8.00. The fourth-order valence-corrected chi connectivity index (χ4v) is 7.12. The number of benzene rings is 1. The third-order valence-corrected chi connectivity index (χ3v) is 9.31. The average molecular weight is 504 g/mol. The zero-order chi connectivity index (χ0) is 23.8. The normalized spacial score (nSPS) is 22.8. The van der Waals surface area contributed by atoms with Crippen molar-refractivity contribution in [1.82, 2.24) is 5.48 Å². The average Bonchev–Trinajstić information content (AvgIpc) is 3.39. The Morgan fingerprint density at radius 2 is 1.97 bits per heavy atom. The van der Waals surface area contributed by atoms with E-state index in [1.165, 1.54) is 11.3 Å². The summed E-state index contributed by atoms with van der Waals surface area (Å²) in [6, 6.07) is 12.2. The van der Waals surface area contributed by atoms with E-state index in [1.807, 2.05) is 43.0 Å². The minimum atomic E-state index is -0.340. The van der Waals surface area contributed by atoms with Crippen molar-refractivity contribution < 1.29 is 23.9 Å². The predicted molar refractivity (Wildman–Crippen MR) is 136 cm³/mol. The van der Waals surface area contributed by atoms with Gasteiger partial charge in [-0.3, -0.25) is 9.59 Å². The Morgan fingerprint density at radius 1 is 1.12 bits per heavy atom. The number of carbonyl (C=O) groups is 2. The fraction of sp³-hybridized carbons (Fsp3) is 0.538. The van der Waals surface area contributed by atoms with Gasteiger partial charge in [0, 0.05) is 35.6 Å². The lowest BCUT2D eigenvalue weighted by Gasteiger charge is -2.35. The van der Waals surface area contributed by atoms with Crippen LogP contribution in [0.25, 0.3) is 10.4 Å². The van der Waals surface area contributed by atoms with E-state index in [-0.39, 0.29) is 29.3 Å². The van der Waals surface area contributed by atoms with Crippen LogP contribution in [0, 0.1) is 0 Å². The number of hydroxylamine groups is 1. The molecule has 0 bridgehead atoms. The van der Waals surface area contributed by atoms with Crippen LogP contribution in [0.4, 0.5) is 0 Å². The lowest BCUT2D eigenvalue weighted by molar-refractivity contribution is -0.200. The molecule has 34 heavy (non-hydrogen) atoms. The van der Waals surface area contributed by atoms with E-state index < -0.39 is 0 Å². The minimum Gasteiger partial charge on any atom is -0.486 e. The number of amides is 1. The standard InChI is InChI=1S/C26H33NO5S2/c1-2-20(28)18-31-21-10-8-19(9-11-21)22-12-13-23(34-22)26(14-4-6-16-33-26)17-24(29)27-32-25-7-3-5-15-30-25/h8-13,25H,2-7,14-18H2,1H3,(H,27,29)/t25?,26-/m0/s1. The first-order valence-electron chi connectivity index (χ1n) is 12.1. The molecule has 4 rings (SSSR count). The summed E-state index contributed by atoms with van der Waals surface area (Å²) in [5.74, 6) is 1.74. The van der Waals surface area contributed by atoms with Crippen molar-refractivity contribution in [2.24, 2.45) is 0 Å². The van der Waals surface area contributed by atoms with Gasteiger partial charge in [0.1, 0.15) is 12.4 Å². The summed E-state index contributed by atoms with van der Waals surface area (Å²) in [5, 5.41) is 0. The van der Waals surface area contributed by atoms with Crippen molar-refractivity contribution in [2.75, 3.05) is 19.0 Å². The number of rotatable bonds is 10. The maximum atomic E-state index is 12.8. The van der Waals surface area contributed by atoms with Crippen molar-refractivity contribution in [3.05, 3.63) is 41.3 Å². The third kappa shape index (κ3) is 6.62. The second-order valence-electron chi connectivity index (χ2n) is 8.79. The molecule has 2 atom stereocenters. The van der Waals surface area contributed by atoms with E-state index in [1.54, 1.807) is 11.3 Å². The molecule has 2 fully saturated rings. The van der Waals surface area contributed by atoms with Gasteiger partial charge in [0.25, 0.3) is 0 Å². The number of thiophene rings is 1. The topological polar surface area (TPSA) is 73.9 Å². The van der Waals surface area contributed by atoms with Crippen LogP contribution >= 0.6 is 23.1 Å². The van der Waals surface area contributed by atoms with E-state index in [9.17, 15) is 9.59 Å². The molecule has 2 aliphatic heterocycles. The van der Waals surface area contributed by atoms with Crippen molar-refractivity contribution in [3.8, 4) is 16.2 Å². The first-order valence-corrected chi connectivity index (χ1v) is 13.9. The van der Waals surface area contributed by atoms with Crippen molar-refractivity contribution in [1.29, 1.82) is 0 Å². The van der Waals surface area contributed by atoms with Gasteiger partial charge in [0.05, 0.1) is 4.75 Å². The molecule has 0 radical (unpaired) electrons. The lowest BCUT2D eigenvalue weighted by Crippen LogP contribution is -2.37. The minimum absolute atomic E-state index is 0.0861. The smallest absolute Gasteiger partial charge is 0.245 e. The molecule has 1 unspecified atom stereocenters. The van der Waals surface area contributed by atoms with Crippen LogP contribution in [0.3, 0.4) is 0 Å². The molecule has 1 aromatic heterocycles. The van der Waals surface area contributed by atoms with E-state index in [0.717, 1.165) is 48.3 Å². The van der Waals surface area contributed by atoms with E-state index in [4.69, 9.17) is 14.3 Å². The highest BCUT2D eigenvalue weighted by Gasteiger charge is 2.38. The van der Waals surface area contributed by atoms with Gasteiger partial charge in [-0.15, -0.1) is 23.1 Å². The number of ether oxygens (including phenoxy) is 2. The highest BCUT2D eigenvalue weighted by atomic mass is 32.2. The molecule has 6 nitrogen and oxygen atoms in total. The van der Waals surface area contributed by atoms with Gasteiger partial charge in [0.15, 0.2) is 12.1 Å². The van der Waals surface area contributed by atoms with Gasteiger partial charge in [-0.1, -0.05) is 13.3 Å². The van der Waals surface area contributed by atoms with Crippen LogP contribution in [0.2, 0.25) is 0 Å². The molecule has 2 aromatic rings. The Bertz CT molecular complexity index is 946. The van der Waals surface area contributed by atoms with Crippen LogP contribution in [-0.4, -0.2) is 36.9 Å². The summed E-state index contributed by atoms with van der Waals surface area (Å²) < 4.78 is 10.9. The van der Waals surface area contributed by atoms with Crippen LogP contribution in [0.15, 0.2) is 36.4 Å². The van der Waals surface area contributed by atoms with Crippen molar-refractivity contribution >= 4 is 34.8 Å². The predicted octanol–water partition coefficient (Wildman–Crippen LogP) is 5.85. The van der Waals surface area contributed by atoms with Crippen LogP contribution in [0.1, 0.15) is 63.2 Å². The van der Waals surface area contributed by atoms with Gasteiger partial charge in [-0.25, -0.2) is 10.3 Å². The monoisotopic (exact) mass is 503 g/mol. The van der Waals surface area contributed by atoms with Gasteiger partial charge in [-0.2, -0.15) is 0 Å². The molecule has 2 saturated heterocycles. The second kappa shape index (κ2) is 12.2. The fourth-order valence-electron chi connectivity index (χ4n) is 4.22. The third-order valence-electron chi connectivity index (χ3n) is 6.23. The molecular formula is C26H33NO5S2. The lowest BCUT2D eigenvalue weighted by atomic mass is 9.94. The molecule has 1 amide bonds. The van der Waals surface area contributed by atoms with E-state index in [0.29, 0.717) is 25.2 Å². The number of thioether (sulfide) groups is 1. The number of hydrogen-bond donors (Lipinski definition) is 1. The molecule has 1 aromatic carbocycles. The Labute approximate surface area is 209 Å². The quantitative estimate of drug-likeness (QED) is 0.410. The van der Waals surface area contributed by atoms with Crippen molar-refractivity contribution in [2.45, 2.75) is 69.3 Å². The molecule has 0 aliphatic carbocycles. The molecule has 0 spiro atoms. The Balaban J connectivity index is 1.41. The van der Waals surface area contributed by atoms with Crippen molar-refractivity contribution in [3.63, 3.8) is 0 Å². The highest BCUT2D eigenvalue weighted by Crippen LogP contribution is 2.50. The van der Waals surface area contributed by atoms with E-state index >= 15 is 0 Å². The van der Waals surface area contributed by atoms with Gasteiger partial charge < -0.3 is 9.47 Å². The SMILES string of the molecule is CCC(=O)COc1ccc(-c2ccc([C@@]3(CC(=O)NOC4CCCCO4)CCCCS3)s2)cc1. The largest absolute Gasteiger partial charge is 0.486 e. The number of Topliss-reactive ketones (excluding diaryl/α,β-unsaturated/α-hetero) is 1. The first kappa shape index (κ1) is 25.2. The number of ketones is 1. The molecule has 1 N–H and O–H groups in total. The van der Waals surface area contributed by atoms with E-state index in [2.05, 4.69) is 17.6 Å². The van der Waals surface area contributed by atoms with Crippen LogP contribution in [0.5, 0.6) is 5.75 Å². The maximum Gasteiger partial charge on any atom is 0.245 e. The zero-order valence-corrected chi connectivity index (χ0v) is 21.3. The molecule has 2 aliphatic rings. The Kier molecular flexibility index (Phi) is 9.05. The van der Waals surface area contributed by atoms with Crippen LogP contribution in [-0.2, 0) is 23.9 Å². The maximum absolute atomic E-state index is 12.8. The first-order chi connectivity index (χ1) is 16.6. The Hall–Kier alpha value is -1.87. The second-order valence-corrected chi connectivity index (χ2v) is 11.3. The summed E-state index contributed by atoms with van der Waals surface area (Å²) in [4.78, 5) is 32.2. The molecule has 3 heterocycles. The number of hydrogen-bond acceptors (Lipinski definition) is 7. The molecule has 0 saturated carbocycles. The number of carbonyl (C=O) groups excluding carboxylic acids is 2.